The monoisotopic (exact) mass is 781 g/mol. The predicted molar refractivity (Wildman–Crippen MR) is 241 cm³/mol. The number of thiophene rings is 3. The van der Waals surface area contributed by atoms with Gasteiger partial charge in [-0.1, -0.05) is 133 Å². The number of nitrogens with zero attached hydrogens (tertiary/aromatic N) is 5. The Bertz CT molecular complexity index is 3480. The molecular formula is C49H27N5S3. The van der Waals surface area contributed by atoms with Gasteiger partial charge >= 0.3 is 0 Å². The van der Waals surface area contributed by atoms with Crippen LogP contribution in [0.3, 0.4) is 0 Å². The lowest BCUT2D eigenvalue weighted by molar-refractivity contribution is 1.08. The Kier molecular flexibility index (Phi) is 7.38. The van der Waals surface area contributed by atoms with E-state index in [1.54, 1.807) is 22.7 Å². The van der Waals surface area contributed by atoms with E-state index in [1.165, 1.54) is 29.6 Å². The quantitative estimate of drug-likeness (QED) is 0.174. The standard InChI is InChI=1S/C49H27N5S3/c1-3-12-28(13-4-1)46-52-47(29-14-5-2-6-15-29)54-49(53-46)36-18-11-21-39-42(36)34-25-23-31(27-41(34)56-39)48-50-43(45-44(51-48)35-17-8-10-20-38(35)57-45)30-22-24-33-32-16-7-9-19-37(32)55-40(33)26-30/h1-27H. The summed E-state index contributed by atoms with van der Waals surface area (Å²) in [5, 5.41) is 6.00. The molecule has 8 heteroatoms. The van der Waals surface area contributed by atoms with Gasteiger partial charge in [0.25, 0.3) is 0 Å². The van der Waals surface area contributed by atoms with Gasteiger partial charge in [-0.2, -0.15) is 0 Å². The van der Waals surface area contributed by atoms with Crippen molar-refractivity contribution in [3.8, 4) is 56.8 Å². The van der Waals surface area contributed by atoms with Crippen LogP contribution in [0.15, 0.2) is 164 Å². The highest BCUT2D eigenvalue weighted by Crippen LogP contribution is 2.44. The second-order valence-electron chi connectivity index (χ2n) is 14.0. The maximum absolute atomic E-state index is 5.38. The van der Waals surface area contributed by atoms with Crippen molar-refractivity contribution in [3.63, 3.8) is 0 Å². The van der Waals surface area contributed by atoms with Crippen LogP contribution in [0.4, 0.5) is 0 Å². The third-order valence-corrected chi connectivity index (χ3v) is 14.0. The smallest absolute Gasteiger partial charge is 0.164 e. The number of benzene rings is 7. The molecule has 0 atom stereocenters. The van der Waals surface area contributed by atoms with Gasteiger partial charge in [-0.05, 0) is 30.3 Å². The van der Waals surface area contributed by atoms with Crippen LogP contribution in [0.25, 0.3) is 117 Å². The molecule has 0 fully saturated rings. The van der Waals surface area contributed by atoms with Gasteiger partial charge < -0.3 is 0 Å². The number of hydrogen-bond acceptors (Lipinski definition) is 8. The van der Waals surface area contributed by atoms with Crippen molar-refractivity contribution in [2.45, 2.75) is 0 Å². The van der Waals surface area contributed by atoms with E-state index >= 15 is 0 Å². The summed E-state index contributed by atoms with van der Waals surface area (Å²) in [7, 11) is 0. The van der Waals surface area contributed by atoms with E-state index in [1.807, 2.05) is 72.0 Å². The maximum Gasteiger partial charge on any atom is 0.164 e. The van der Waals surface area contributed by atoms with Crippen LogP contribution >= 0.6 is 34.0 Å². The summed E-state index contributed by atoms with van der Waals surface area (Å²) in [6.45, 7) is 0. The third kappa shape index (κ3) is 5.37. The Labute approximate surface area is 338 Å². The Balaban J connectivity index is 1.03. The second kappa shape index (κ2) is 12.9. The zero-order valence-electron chi connectivity index (χ0n) is 30.0. The van der Waals surface area contributed by atoms with E-state index in [0.29, 0.717) is 17.5 Å². The highest BCUT2D eigenvalue weighted by Gasteiger charge is 2.20. The van der Waals surface area contributed by atoms with Crippen molar-refractivity contribution in [1.29, 1.82) is 0 Å². The fourth-order valence-corrected chi connectivity index (χ4v) is 11.3. The van der Waals surface area contributed by atoms with Crippen LogP contribution in [0.5, 0.6) is 0 Å². The molecule has 0 radical (unpaired) electrons. The Morgan fingerprint density at radius 3 is 1.63 bits per heavy atom. The average molecular weight is 782 g/mol. The molecule has 5 heterocycles. The molecule has 7 aromatic carbocycles. The highest BCUT2D eigenvalue weighted by atomic mass is 32.1. The van der Waals surface area contributed by atoms with Crippen LogP contribution in [0.1, 0.15) is 0 Å². The van der Waals surface area contributed by atoms with Crippen LogP contribution in [-0.2, 0) is 0 Å². The first-order chi connectivity index (χ1) is 28.2. The van der Waals surface area contributed by atoms with Crippen LogP contribution in [-0.4, -0.2) is 24.9 Å². The van der Waals surface area contributed by atoms with Gasteiger partial charge in [0.05, 0.1) is 15.9 Å². The Hall–Kier alpha value is -6.71. The molecule has 0 bridgehead atoms. The molecule has 12 rings (SSSR count). The molecule has 266 valence electrons. The summed E-state index contributed by atoms with van der Waals surface area (Å²) < 4.78 is 7.19. The summed E-state index contributed by atoms with van der Waals surface area (Å²) in [5.41, 5.74) is 6.91. The maximum atomic E-state index is 5.38. The summed E-state index contributed by atoms with van der Waals surface area (Å²) in [6.07, 6.45) is 0. The zero-order chi connectivity index (χ0) is 37.5. The van der Waals surface area contributed by atoms with Crippen molar-refractivity contribution in [2.75, 3.05) is 0 Å². The first-order valence-corrected chi connectivity index (χ1v) is 21.1. The van der Waals surface area contributed by atoms with E-state index in [4.69, 9.17) is 24.9 Å². The number of rotatable bonds is 5. The van der Waals surface area contributed by atoms with E-state index in [2.05, 4.69) is 103 Å². The topological polar surface area (TPSA) is 64.5 Å². The van der Waals surface area contributed by atoms with Crippen molar-refractivity contribution >= 4 is 94.7 Å². The van der Waals surface area contributed by atoms with Gasteiger partial charge in [0, 0.05) is 78.2 Å². The molecule has 0 saturated heterocycles. The highest BCUT2D eigenvalue weighted by molar-refractivity contribution is 7.27. The fourth-order valence-electron chi connectivity index (χ4n) is 7.87. The minimum atomic E-state index is 0.647. The van der Waals surface area contributed by atoms with Crippen molar-refractivity contribution in [3.05, 3.63) is 164 Å². The normalized spacial score (nSPS) is 11.9. The molecule has 0 saturated carbocycles. The third-order valence-electron chi connectivity index (χ3n) is 10.6. The lowest BCUT2D eigenvalue weighted by Gasteiger charge is -2.10. The van der Waals surface area contributed by atoms with Crippen LogP contribution < -0.4 is 0 Å². The fraction of sp³-hybridized carbons (Fsp3) is 0. The van der Waals surface area contributed by atoms with Gasteiger partial charge in [0.1, 0.15) is 0 Å². The van der Waals surface area contributed by atoms with Crippen LogP contribution in [0, 0.1) is 0 Å². The lowest BCUT2D eigenvalue weighted by Crippen LogP contribution is -2.00. The molecule has 5 aromatic heterocycles. The molecule has 0 aliphatic carbocycles. The van der Waals surface area contributed by atoms with Gasteiger partial charge in [-0.25, -0.2) is 24.9 Å². The van der Waals surface area contributed by atoms with E-state index in [9.17, 15) is 0 Å². The number of aromatic nitrogens is 5. The molecule has 0 aliphatic heterocycles. The summed E-state index contributed by atoms with van der Waals surface area (Å²) in [6, 6.07) is 57.3. The van der Waals surface area contributed by atoms with E-state index in [-0.39, 0.29) is 0 Å². The first kappa shape index (κ1) is 32.5. The largest absolute Gasteiger partial charge is 0.226 e. The Morgan fingerprint density at radius 2 is 0.860 bits per heavy atom. The summed E-state index contributed by atoms with van der Waals surface area (Å²) in [4.78, 5) is 25.8. The van der Waals surface area contributed by atoms with Crippen molar-refractivity contribution in [2.24, 2.45) is 0 Å². The van der Waals surface area contributed by atoms with Gasteiger partial charge in [0.2, 0.25) is 0 Å². The van der Waals surface area contributed by atoms with E-state index < -0.39 is 0 Å². The minimum Gasteiger partial charge on any atom is -0.226 e. The number of fused-ring (bicyclic) bond motifs is 9. The second-order valence-corrected chi connectivity index (χ2v) is 17.2. The molecule has 0 spiro atoms. The molecule has 12 aromatic rings. The average Bonchev–Trinajstić information content (AvgIpc) is 3.97. The lowest BCUT2D eigenvalue weighted by atomic mass is 10.0. The molecule has 5 nitrogen and oxygen atoms in total. The van der Waals surface area contributed by atoms with Crippen molar-refractivity contribution < 1.29 is 0 Å². The van der Waals surface area contributed by atoms with Crippen LogP contribution in [0.2, 0.25) is 0 Å². The zero-order valence-corrected chi connectivity index (χ0v) is 32.5. The molecule has 0 unspecified atom stereocenters. The Morgan fingerprint density at radius 1 is 0.316 bits per heavy atom. The SMILES string of the molecule is c1ccc(-c2nc(-c3ccccc3)nc(-c3cccc4sc5cc(-c6nc(-c7ccc8c(c7)sc7ccccc78)c7sc8ccccc8c7n6)ccc5c34)n2)cc1. The first-order valence-electron chi connectivity index (χ1n) is 18.7. The molecular weight excluding hydrogens is 755 g/mol. The van der Waals surface area contributed by atoms with Gasteiger partial charge in [-0.3, -0.25) is 0 Å². The molecule has 0 amide bonds. The molecule has 0 N–H and O–H groups in total. The predicted octanol–water partition coefficient (Wildman–Crippen LogP) is 14.1. The molecule has 57 heavy (non-hydrogen) atoms. The van der Waals surface area contributed by atoms with E-state index in [0.717, 1.165) is 70.4 Å². The molecule has 0 aliphatic rings. The van der Waals surface area contributed by atoms with Gasteiger partial charge in [0.15, 0.2) is 23.3 Å². The van der Waals surface area contributed by atoms with Crippen molar-refractivity contribution in [1.82, 2.24) is 24.9 Å². The summed E-state index contributed by atoms with van der Waals surface area (Å²) >= 11 is 5.37. The summed E-state index contributed by atoms with van der Waals surface area (Å²) in [5.74, 6) is 2.66. The minimum absolute atomic E-state index is 0.647. The van der Waals surface area contributed by atoms with Gasteiger partial charge in [-0.15, -0.1) is 34.0 Å². The number of hydrogen-bond donors (Lipinski definition) is 0.